The number of aromatic nitrogens is 2. The standard InChI is InChI=1S/C8H10F3N5O2/c9-8(10,11)4-1-5(16-7(13)15-4)14-2-3(17)6(12)18/h1,3,17H,2H2,(H2,12,18)(H3,13,14,15,16). The molecule has 0 spiro atoms. The number of hydrogen-bond donors (Lipinski definition) is 4. The molecule has 0 saturated carbocycles. The highest BCUT2D eigenvalue weighted by Crippen LogP contribution is 2.29. The Morgan fingerprint density at radius 3 is 2.61 bits per heavy atom. The molecule has 1 heterocycles. The van der Waals surface area contributed by atoms with Gasteiger partial charge in [0.1, 0.15) is 11.9 Å². The van der Waals surface area contributed by atoms with Gasteiger partial charge >= 0.3 is 6.18 Å². The molecular formula is C8H10F3N5O2. The third kappa shape index (κ3) is 3.73. The topological polar surface area (TPSA) is 127 Å². The number of aliphatic hydroxyl groups is 1. The molecular weight excluding hydrogens is 255 g/mol. The van der Waals surface area contributed by atoms with E-state index in [0.29, 0.717) is 6.07 Å². The SMILES string of the molecule is NC(=O)C(O)CNc1cc(C(F)(F)F)nc(N)n1. The number of halogens is 3. The number of nitrogens with one attached hydrogen (secondary N) is 1. The molecule has 0 saturated heterocycles. The molecule has 7 nitrogen and oxygen atoms in total. The van der Waals surface area contributed by atoms with Crippen molar-refractivity contribution in [1.82, 2.24) is 9.97 Å². The number of hydrogen-bond acceptors (Lipinski definition) is 6. The van der Waals surface area contributed by atoms with E-state index < -0.39 is 29.8 Å². The summed E-state index contributed by atoms with van der Waals surface area (Å²) in [5.74, 6) is -1.86. The molecule has 1 unspecified atom stereocenters. The van der Waals surface area contributed by atoms with Crippen LogP contribution in [-0.2, 0) is 11.0 Å². The minimum absolute atomic E-state index is 0.268. The van der Waals surface area contributed by atoms with Gasteiger partial charge in [0.2, 0.25) is 11.9 Å². The number of alkyl halides is 3. The van der Waals surface area contributed by atoms with Gasteiger partial charge in [-0.2, -0.15) is 18.2 Å². The zero-order chi connectivity index (χ0) is 13.9. The zero-order valence-electron chi connectivity index (χ0n) is 8.90. The van der Waals surface area contributed by atoms with Crippen molar-refractivity contribution >= 4 is 17.7 Å². The van der Waals surface area contributed by atoms with E-state index in [1.165, 1.54) is 0 Å². The first-order chi connectivity index (χ1) is 8.20. The molecule has 1 rings (SSSR count). The average Bonchev–Trinajstić information content (AvgIpc) is 2.23. The van der Waals surface area contributed by atoms with Crippen LogP contribution in [0.25, 0.3) is 0 Å². The Morgan fingerprint density at radius 1 is 1.50 bits per heavy atom. The van der Waals surface area contributed by atoms with Gasteiger partial charge in [0.15, 0.2) is 5.69 Å². The number of anilines is 2. The minimum atomic E-state index is -4.67. The number of carbonyl (C=O) groups excluding carboxylic acids is 1. The molecule has 1 aromatic heterocycles. The normalized spacial score (nSPS) is 13.1. The summed E-state index contributed by atoms with van der Waals surface area (Å²) in [6.07, 6.45) is -6.22. The highest BCUT2D eigenvalue weighted by Gasteiger charge is 2.33. The summed E-state index contributed by atoms with van der Waals surface area (Å²) in [6, 6.07) is 0.601. The Bertz CT molecular complexity index is 451. The molecule has 0 radical (unpaired) electrons. The lowest BCUT2D eigenvalue weighted by molar-refractivity contribution is -0.141. The Morgan fingerprint density at radius 2 is 2.11 bits per heavy atom. The zero-order valence-corrected chi connectivity index (χ0v) is 8.90. The maximum atomic E-state index is 12.4. The van der Waals surface area contributed by atoms with Crippen LogP contribution in [-0.4, -0.2) is 33.6 Å². The lowest BCUT2D eigenvalue weighted by Gasteiger charge is -2.11. The van der Waals surface area contributed by atoms with Crippen LogP contribution in [0.1, 0.15) is 5.69 Å². The summed E-state index contributed by atoms with van der Waals surface area (Å²) in [6.45, 7) is -0.386. The van der Waals surface area contributed by atoms with Crippen LogP contribution in [0.3, 0.4) is 0 Å². The van der Waals surface area contributed by atoms with Gasteiger partial charge in [-0.25, -0.2) is 4.98 Å². The van der Waals surface area contributed by atoms with Crippen LogP contribution in [0.5, 0.6) is 0 Å². The summed E-state index contributed by atoms with van der Waals surface area (Å²) in [4.78, 5) is 17.0. The predicted molar refractivity (Wildman–Crippen MR) is 55.1 cm³/mol. The van der Waals surface area contributed by atoms with E-state index in [9.17, 15) is 18.0 Å². The summed E-state index contributed by atoms with van der Waals surface area (Å²) >= 11 is 0. The van der Waals surface area contributed by atoms with Crippen molar-refractivity contribution in [3.63, 3.8) is 0 Å². The lowest BCUT2D eigenvalue weighted by Crippen LogP contribution is -2.34. The number of primary amides is 1. The summed E-state index contributed by atoms with van der Waals surface area (Å²) in [7, 11) is 0. The highest BCUT2D eigenvalue weighted by molar-refractivity contribution is 5.79. The second-order valence-electron chi connectivity index (χ2n) is 3.29. The molecule has 1 aromatic rings. The molecule has 0 aliphatic rings. The third-order valence-electron chi connectivity index (χ3n) is 1.84. The molecule has 0 aliphatic heterocycles. The van der Waals surface area contributed by atoms with Crippen LogP contribution in [0, 0.1) is 0 Å². The molecule has 1 amide bonds. The fourth-order valence-electron chi connectivity index (χ4n) is 1.00. The average molecular weight is 265 g/mol. The lowest BCUT2D eigenvalue weighted by atomic mass is 10.3. The first-order valence-electron chi connectivity index (χ1n) is 4.63. The summed E-state index contributed by atoms with van der Waals surface area (Å²) in [5, 5.41) is 11.3. The van der Waals surface area contributed by atoms with Gasteiger partial charge in [0, 0.05) is 6.07 Å². The van der Waals surface area contributed by atoms with Gasteiger partial charge < -0.3 is 21.9 Å². The second-order valence-corrected chi connectivity index (χ2v) is 3.29. The Balaban J connectivity index is 2.84. The van der Waals surface area contributed by atoms with E-state index in [4.69, 9.17) is 16.6 Å². The molecule has 100 valence electrons. The van der Waals surface area contributed by atoms with Gasteiger partial charge in [0.05, 0.1) is 6.54 Å². The van der Waals surface area contributed by atoms with Gasteiger partial charge in [0.25, 0.3) is 0 Å². The van der Waals surface area contributed by atoms with Crippen LogP contribution in [0.2, 0.25) is 0 Å². The van der Waals surface area contributed by atoms with Crippen molar-refractivity contribution in [2.24, 2.45) is 5.73 Å². The van der Waals surface area contributed by atoms with Crippen LogP contribution >= 0.6 is 0 Å². The number of carbonyl (C=O) groups is 1. The van der Waals surface area contributed by atoms with E-state index in [1.54, 1.807) is 0 Å². The van der Waals surface area contributed by atoms with Crippen molar-refractivity contribution in [2.45, 2.75) is 12.3 Å². The summed E-state index contributed by atoms with van der Waals surface area (Å²) < 4.78 is 37.1. The monoisotopic (exact) mass is 265 g/mol. The van der Waals surface area contributed by atoms with Crippen LogP contribution in [0.4, 0.5) is 24.9 Å². The van der Waals surface area contributed by atoms with Crippen molar-refractivity contribution in [1.29, 1.82) is 0 Å². The molecule has 1 atom stereocenters. The molecule has 0 bridgehead atoms. The van der Waals surface area contributed by atoms with E-state index in [0.717, 1.165) is 0 Å². The van der Waals surface area contributed by atoms with Crippen molar-refractivity contribution < 1.29 is 23.1 Å². The Hall–Kier alpha value is -2.10. The Kier molecular flexibility index (Phi) is 3.91. The number of nitrogens with zero attached hydrogens (tertiary/aromatic N) is 2. The predicted octanol–water partition coefficient (Wildman–Crippen LogP) is -0.664. The van der Waals surface area contributed by atoms with Gasteiger partial charge in [-0.05, 0) is 0 Å². The molecule has 10 heteroatoms. The second kappa shape index (κ2) is 5.04. The summed E-state index contributed by atoms with van der Waals surface area (Å²) in [5.41, 5.74) is 8.64. The molecule has 0 fully saturated rings. The molecule has 18 heavy (non-hydrogen) atoms. The maximum Gasteiger partial charge on any atom is 0.433 e. The first kappa shape index (κ1) is 14.0. The van der Waals surface area contributed by atoms with Crippen LogP contribution < -0.4 is 16.8 Å². The third-order valence-corrected chi connectivity index (χ3v) is 1.84. The fourth-order valence-corrected chi connectivity index (χ4v) is 1.00. The highest BCUT2D eigenvalue weighted by atomic mass is 19.4. The van der Waals surface area contributed by atoms with Crippen molar-refractivity contribution in [3.05, 3.63) is 11.8 Å². The van der Waals surface area contributed by atoms with Gasteiger partial charge in [-0.3, -0.25) is 4.79 Å². The molecule has 0 aliphatic carbocycles. The van der Waals surface area contributed by atoms with E-state index in [2.05, 4.69) is 15.3 Å². The maximum absolute atomic E-state index is 12.4. The van der Waals surface area contributed by atoms with Crippen molar-refractivity contribution in [2.75, 3.05) is 17.6 Å². The number of aliphatic hydroxyl groups excluding tert-OH is 1. The van der Waals surface area contributed by atoms with Gasteiger partial charge in [-0.1, -0.05) is 0 Å². The van der Waals surface area contributed by atoms with Crippen molar-refractivity contribution in [3.8, 4) is 0 Å². The number of nitrogens with two attached hydrogens (primary N) is 2. The number of rotatable bonds is 4. The minimum Gasteiger partial charge on any atom is -0.381 e. The first-order valence-corrected chi connectivity index (χ1v) is 4.63. The quantitative estimate of drug-likeness (QED) is 0.572. The van der Waals surface area contributed by atoms with Gasteiger partial charge in [-0.15, -0.1) is 0 Å². The largest absolute Gasteiger partial charge is 0.433 e. The van der Waals surface area contributed by atoms with E-state index in [1.807, 2.05) is 0 Å². The van der Waals surface area contributed by atoms with E-state index >= 15 is 0 Å². The smallest absolute Gasteiger partial charge is 0.381 e. The fraction of sp³-hybridized carbons (Fsp3) is 0.375. The van der Waals surface area contributed by atoms with Crippen LogP contribution in [0.15, 0.2) is 6.07 Å². The molecule has 0 aromatic carbocycles. The number of nitrogen functional groups attached to an aromatic ring is 1. The molecule has 6 N–H and O–H groups in total. The van der Waals surface area contributed by atoms with E-state index in [-0.39, 0.29) is 12.4 Å². The number of amides is 1. The Labute approximate surface area is 99.0 Å².